The topological polar surface area (TPSA) is 49.8 Å². The van der Waals surface area contributed by atoms with Gasteiger partial charge in [-0.15, -0.1) is 0 Å². The van der Waals surface area contributed by atoms with Crippen LogP contribution in [0.2, 0.25) is 0 Å². The molecule has 19 heavy (non-hydrogen) atoms. The van der Waals surface area contributed by atoms with Gasteiger partial charge in [0.1, 0.15) is 17.5 Å². The van der Waals surface area contributed by atoms with Crippen molar-refractivity contribution in [1.29, 1.82) is 0 Å². The molecule has 0 atom stereocenters. The van der Waals surface area contributed by atoms with Crippen molar-refractivity contribution in [1.82, 2.24) is 9.97 Å². The molecule has 0 unspecified atom stereocenters. The summed E-state index contributed by atoms with van der Waals surface area (Å²) in [6.45, 7) is 10.8. The molecule has 1 aliphatic rings. The maximum Gasteiger partial charge on any atom is 0.138 e. The van der Waals surface area contributed by atoms with Gasteiger partial charge >= 0.3 is 0 Å². The van der Waals surface area contributed by atoms with E-state index in [9.17, 15) is 0 Å². The number of hydrogen-bond donors (Lipinski definition) is 2. The normalized spacial score (nSPS) is 22.8. The zero-order valence-corrected chi connectivity index (χ0v) is 13.0. The van der Waals surface area contributed by atoms with Gasteiger partial charge in [-0.3, -0.25) is 0 Å². The van der Waals surface area contributed by atoms with Crippen molar-refractivity contribution in [3.05, 3.63) is 11.4 Å². The summed E-state index contributed by atoms with van der Waals surface area (Å²) in [5.74, 6) is 3.64. The Labute approximate surface area is 116 Å². The number of nitrogens with one attached hydrogen (secondary N) is 2. The Morgan fingerprint density at radius 3 is 2.16 bits per heavy atom. The summed E-state index contributed by atoms with van der Waals surface area (Å²) in [5, 5.41) is 6.75. The smallest absolute Gasteiger partial charge is 0.138 e. The third kappa shape index (κ3) is 2.99. The lowest BCUT2D eigenvalue weighted by atomic mass is 9.82. The second-order valence-corrected chi connectivity index (χ2v) is 6.79. The van der Waals surface area contributed by atoms with Crippen LogP contribution in [0.4, 0.5) is 11.6 Å². The number of aromatic nitrogens is 2. The predicted octanol–water partition coefficient (Wildman–Crippen LogP) is 3.33. The SMILES string of the molecule is CNc1nc(C(C)(C)C)nc(NC2CC(C)C2)c1C. The summed E-state index contributed by atoms with van der Waals surface area (Å²) in [4.78, 5) is 9.36. The molecule has 1 fully saturated rings. The van der Waals surface area contributed by atoms with E-state index in [1.165, 1.54) is 12.8 Å². The first-order valence-corrected chi connectivity index (χ1v) is 7.14. The second kappa shape index (κ2) is 4.99. The van der Waals surface area contributed by atoms with Gasteiger partial charge in [-0.1, -0.05) is 27.7 Å². The van der Waals surface area contributed by atoms with E-state index in [1.54, 1.807) is 0 Å². The van der Waals surface area contributed by atoms with Gasteiger partial charge in [0.15, 0.2) is 0 Å². The summed E-state index contributed by atoms with van der Waals surface area (Å²) in [7, 11) is 1.91. The van der Waals surface area contributed by atoms with Crippen LogP contribution in [-0.4, -0.2) is 23.1 Å². The van der Waals surface area contributed by atoms with Crippen molar-refractivity contribution in [3.8, 4) is 0 Å². The van der Waals surface area contributed by atoms with Crippen molar-refractivity contribution >= 4 is 11.6 Å². The molecule has 1 aromatic heterocycles. The Bertz CT molecular complexity index is 456. The van der Waals surface area contributed by atoms with E-state index in [2.05, 4.69) is 50.2 Å². The van der Waals surface area contributed by atoms with Gasteiger partial charge in [-0.25, -0.2) is 9.97 Å². The van der Waals surface area contributed by atoms with Crippen LogP contribution >= 0.6 is 0 Å². The molecule has 0 spiro atoms. The molecule has 106 valence electrons. The van der Waals surface area contributed by atoms with Crippen LogP contribution in [0.3, 0.4) is 0 Å². The first kappa shape index (κ1) is 14.1. The van der Waals surface area contributed by atoms with Crippen molar-refractivity contribution in [2.75, 3.05) is 17.7 Å². The molecule has 4 heteroatoms. The highest BCUT2D eigenvalue weighted by molar-refractivity contribution is 5.58. The standard InChI is InChI=1S/C15H26N4/c1-9-7-11(8-9)17-13-10(2)12(16-6)18-14(19-13)15(3,4)5/h9,11H,7-8H2,1-6H3,(H2,16,17,18,19). The molecule has 0 saturated heterocycles. The molecule has 0 amide bonds. The summed E-state index contributed by atoms with van der Waals surface area (Å²) in [6.07, 6.45) is 2.48. The van der Waals surface area contributed by atoms with Crippen molar-refractivity contribution in [3.63, 3.8) is 0 Å². The van der Waals surface area contributed by atoms with Crippen molar-refractivity contribution in [2.24, 2.45) is 5.92 Å². The van der Waals surface area contributed by atoms with E-state index in [4.69, 9.17) is 4.98 Å². The highest BCUT2D eigenvalue weighted by Gasteiger charge is 2.27. The van der Waals surface area contributed by atoms with E-state index in [-0.39, 0.29) is 5.41 Å². The van der Waals surface area contributed by atoms with E-state index in [0.29, 0.717) is 6.04 Å². The van der Waals surface area contributed by atoms with E-state index < -0.39 is 0 Å². The maximum absolute atomic E-state index is 4.74. The Morgan fingerprint density at radius 2 is 1.68 bits per heavy atom. The molecule has 2 N–H and O–H groups in total. The zero-order chi connectivity index (χ0) is 14.2. The summed E-state index contributed by atoms with van der Waals surface area (Å²) in [6, 6.07) is 0.570. The van der Waals surface area contributed by atoms with Gasteiger partial charge in [0.05, 0.1) is 0 Å². The molecule has 0 aromatic carbocycles. The third-order valence-electron chi connectivity index (χ3n) is 3.77. The van der Waals surface area contributed by atoms with Crippen LogP contribution in [0.25, 0.3) is 0 Å². The van der Waals surface area contributed by atoms with Gasteiger partial charge in [-0.05, 0) is 25.7 Å². The summed E-state index contributed by atoms with van der Waals surface area (Å²) < 4.78 is 0. The molecular weight excluding hydrogens is 236 g/mol. The number of nitrogens with zero attached hydrogens (tertiary/aromatic N) is 2. The van der Waals surface area contributed by atoms with Crippen LogP contribution in [0.15, 0.2) is 0 Å². The molecule has 0 aliphatic heterocycles. The van der Waals surface area contributed by atoms with Gasteiger partial charge in [-0.2, -0.15) is 0 Å². The average molecular weight is 262 g/mol. The number of hydrogen-bond acceptors (Lipinski definition) is 4. The highest BCUT2D eigenvalue weighted by Crippen LogP contribution is 2.32. The van der Waals surface area contributed by atoms with Gasteiger partial charge in [0, 0.05) is 24.1 Å². The minimum absolute atomic E-state index is 0.0391. The predicted molar refractivity (Wildman–Crippen MR) is 80.8 cm³/mol. The fourth-order valence-corrected chi connectivity index (χ4v) is 2.45. The Hall–Kier alpha value is -1.32. The highest BCUT2D eigenvalue weighted by atomic mass is 15.1. The lowest BCUT2D eigenvalue weighted by Crippen LogP contribution is -2.34. The lowest BCUT2D eigenvalue weighted by molar-refractivity contribution is 0.308. The fraction of sp³-hybridized carbons (Fsp3) is 0.733. The summed E-state index contributed by atoms with van der Waals surface area (Å²) >= 11 is 0. The molecule has 2 rings (SSSR count). The first-order chi connectivity index (χ1) is 8.81. The number of rotatable bonds is 3. The van der Waals surface area contributed by atoms with Crippen LogP contribution in [0, 0.1) is 12.8 Å². The minimum atomic E-state index is -0.0391. The van der Waals surface area contributed by atoms with Crippen molar-refractivity contribution in [2.45, 2.75) is 58.9 Å². The van der Waals surface area contributed by atoms with E-state index in [1.807, 2.05) is 7.05 Å². The fourth-order valence-electron chi connectivity index (χ4n) is 2.45. The lowest BCUT2D eigenvalue weighted by Gasteiger charge is -2.34. The third-order valence-corrected chi connectivity index (χ3v) is 3.77. The number of anilines is 2. The van der Waals surface area contributed by atoms with Gasteiger partial charge in [0.25, 0.3) is 0 Å². The molecule has 0 radical (unpaired) electrons. The van der Waals surface area contributed by atoms with E-state index in [0.717, 1.165) is 28.9 Å². The van der Waals surface area contributed by atoms with E-state index >= 15 is 0 Å². The molecule has 1 heterocycles. The summed E-state index contributed by atoms with van der Waals surface area (Å²) in [5.41, 5.74) is 1.07. The second-order valence-electron chi connectivity index (χ2n) is 6.79. The first-order valence-electron chi connectivity index (χ1n) is 7.14. The van der Waals surface area contributed by atoms with Crippen LogP contribution in [0.1, 0.15) is 51.9 Å². The Morgan fingerprint density at radius 1 is 1.11 bits per heavy atom. The van der Waals surface area contributed by atoms with Crippen LogP contribution < -0.4 is 10.6 Å². The zero-order valence-electron chi connectivity index (χ0n) is 13.0. The maximum atomic E-state index is 4.74. The van der Waals surface area contributed by atoms with Crippen LogP contribution in [-0.2, 0) is 5.41 Å². The minimum Gasteiger partial charge on any atom is -0.373 e. The Balaban J connectivity index is 2.30. The quantitative estimate of drug-likeness (QED) is 0.877. The molecule has 1 aromatic rings. The Kier molecular flexibility index (Phi) is 3.70. The average Bonchev–Trinajstić information content (AvgIpc) is 2.28. The monoisotopic (exact) mass is 262 g/mol. The molecule has 1 aliphatic carbocycles. The molecule has 0 bridgehead atoms. The van der Waals surface area contributed by atoms with Gasteiger partial charge < -0.3 is 10.6 Å². The molecular formula is C15H26N4. The largest absolute Gasteiger partial charge is 0.373 e. The molecule has 1 saturated carbocycles. The van der Waals surface area contributed by atoms with Gasteiger partial charge in [0.2, 0.25) is 0 Å². The van der Waals surface area contributed by atoms with Crippen LogP contribution in [0.5, 0.6) is 0 Å². The molecule has 4 nitrogen and oxygen atoms in total. The van der Waals surface area contributed by atoms with Crippen molar-refractivity contribution < 1.29 is 0 Å².